The zero-order chi connectivity index (χ0) is 13.9. The molecule has 0 radical (unpaired) electrons. The lowest BCUT2D eigenvalue weighted by molar-refractivity contribution is 0.417. The first-order valence-corrected chi connectivity index (χ1v) is 8.38. The average Bonchev–Trinajstić information content (AvgIpc) is 2.53. The van der Waals surface area contributed by atoms with Crippen molar-refractivity contribution in [3.8, 4) is 16.9 Å². The predicted molar refractivity (Wildman–Crippen MR) is 89.7 cm³/mol. The summed E-state index contributed by atoms with van der Waals surface area (Å²) in [6, 6.07) is 20.7. The van der Waals surface area contributed by atoms with Crippen LogP contribution in [0.4, 0.5) is 0 Å². The lowest BCUT2D eigenvalue weighted by Gasteiger charge is -2.14. The Morgan fingerprint density at radius 2 is 1.65 bits per heavy atom. The van der Waals surface area contributed by atoms with Gasteiger partial charge in [-0.1, -0.05) is 65.8 Å². The number of rotatable bonds is 3. The number of fused-ring (bicyclic) bond motifs is 1. The third kappa shape index (κ3) is 2.28. The number of benzene rings is 3. The summed E-state index contributed by atoms with van der Waals surface area (Å²) in [5.74, 6) is 0.881. The summed E-state index contributed by atoms with van der Waals surface area (Å²) in [4.78, 5) is 0. The zero-order valence-corrected chi connectivity index (χ0v) is 12.8. The molecule has 0 bridgehead atoms. The molecule has 3 aromatic rings. The highest BCUT2D eigenvalue weighted by molar-refractivity contribution is 7.75. The van der Waals surface area contributed by atoms with E-state index in [9.17, 15) is 0 Å². The van der Waals surface area contributed by atoms with E-state index in [1.54, 1.807) is 7.11 Å². The lowest BCUT2D eigenvalue weighted by atomic mass is 9.97. The SMILES string of the molecule is COc1ccc2ccccc2c1-c1ccccc1PCl. The number of ether oxygens (including phenoxy) is 1. The van der Waals surface area contributed by atoms with Gasteiger partial charge in [0.15, 0.2) is 0 Å². The third-order valence-electron chi connectivity index (χ3n) is 3.41. The summed E-state index contributed by atoms with van der Waals surface area (Å²) in [7, 11) is 1.95. The summed E-state index contributed by atoms with van der Waals surface area (Å²) in [5, 5.41) is 3.54. The maximum absolute atomic E-state index is 6.12. The Balaban J connectivity index is 2.39. The Hall–Kier alpha value is -1.56. The minimum atomic E-state index is 0.240. The molecule has 3 heteroatoms. The fourth-order valence-electron chi connectivity index (χ4n) is 2.48. The van der Waals surface area contributed by atoms with Gasteiger partial charge >= 0.3 is 0 Å². The van der Waals surface area contributed by atoms with E-state index in [-0.39, 0.29) is 7.93 Å². The molecule has 0 fully saturated rings. The Morgan fingerprint density at radius 3 is 2.45 bits per heavy atom. The van der Waals surface area contributed by atoms with Gasteiger partial charge in [0.1, 0.15) is 5.75 Å². The molecule has 20 heavy (non-hydrogen) atoms. The summed E-state index contributed by atoms with van der Waals surface area (Å²) in [6.45, 7) is 0. The van der Waals surface area contributed by atoms with Gasteiger partial charge in [0.2, 0.25) is 0 Å². The number of halogens is 1. The van der Waals surface area contributed by atoms with Crippen LogP contribution in [-0.4, -0.2) is 7.11 Å². The normalized spacial score (nSPS) is 11.3. The quantitative estimate of drug-likeness (QED) is 0.620. The second-order valence-corrected chi connectivity index (χ2v) is 5.80. The molecule has 0 N–H and O–H groups in total. The van der Waals surface area contributed by atoms with Gasteiger partial charge in [0.05, 0.1) is 7.11 Å². The lowest BCUT2D eigenvalue weighted by Crippen LogP contribution is -2.00. The first-order chi connectivity index (χ1) is 9.85. The van der Waals surface area contributed by atoms with Crippen LogP contribution in [0.1, 0.15) is 0 Å². The summed E-state index contributed by atoms with van der Waals surface area (Å²) >= 11 is 6.12. The second kappa shape index (κ2) is 5.83. The summed E-state index contributed by atoms with van der Waals surface area (Å²) in [6.07, 6.45) is 0. The topological polar surface area (TPSA) is 9.23 Å². The first-order valence-electron chi connectivity index (χ1n) is 6.37. The highest BCUT2D eigenvalue weighted by Gasteiger charge is 2.13. The van der Waals surface area contributed by atoms with Crippen LogP contribution in [0.3, 0.4) is 0 Å². The van der Waals surface area contributed by atoms with E-state index in [0.717, 1.165) is 22.2 Å². The smallest absolute Gasteiger partial charge is 0.127 e. The molecule has 0 aromatic heterocycles. The average molecular weight is 301 g/mol. The van der Waals surface area contributed by atoms with Crippen molar-refractivity contribution < 1.29 is 4.74 Å². The molecule has 100 valence electrons. The molecule has 3 aromatic carbocycles. The predicted octanol–water partition coefficient (Wildman–Crippen LogP) is 4.97. The van der Waals surface area contributed by atoms with Crippen LogP contribution in [0, 0.1) is 0 Å². The van der Waals surface area contributed by atoms with Crippen LogP contribution in [-0.2, 0) is 0 Å². The second-order valence-electron chi connectivity index (χ2n) is 4.50. The Morgan fingerprint density at radius 1 is 0.900 bits per heavy atom. The fraction of sp³-hybridized carbons (Fsp3) is 0.0588. The van der Waals surface area contributed by atoms with Gasteiger partial charge in [-0.05, 0) is 27.7 Å². The molecule has 0 aliphatic rings. The van der Waals surface area contributed by atoms with Crippen LogP contribution in [0.5, 0.6) is 5.75 Å². The van der Waals surface area contributed by atoms with Crippen LogP contribution >= 0.6 is 19.2 Å². The van der Waals surface area contributed by atoms with Gasteiger partial charge in [-0.3, -0.25) is 0 Å². The van der Waals surface area contributed by atoms with Crippen molar-refractivity contribution in [3.05, 3.63) is 60.7 Å². The largest absolute Gasteiger partial charge is 0.496 e. The van der Waals surface area contributed by atoms with Crippen molar-refractivity contribution in [3.63, 3.8) is 0 Å². The van der Waals surface area contributed by atoms with E-state index in [1.165, 1.54) is 10.8 Å². The van der Waals surface area contributed by atoms with Crippen molar-refractivity contribution in [1.29, 1.82) is 0 Å². The summed E-state index contributed by atoms with van der Waals surface area (Å²) < 4.78 is 5.57. The molecule has 0 saturated heterocycles. The molecule has 1 unspecified atom stereocenters. The molecule has 1 atom stereocenters. The van der Waals surface area contributed by atoms with Gasteiger partial charge in [0, 0.05) is 13.5 Å². The molecule has 0 aliphatic carbocycles. The molecule has 0 heterocycles. The van der Waals surface area contributed by atoms with E-state index in [4.69, 9.17) is 16.0 Å². The highest BCUT2D eigenvalue weighted by Crippen LogP contribution is 2.38. The molecule has 0 aliphatic heterocycles. The van der Waals surface area contributed by atoms with Gasteiger partial charge < -0.3 is 4.74 Å². The molecule has 3 rings (SSSR count). The number of methoxy groups -OCH3 is 1. The molecule has 0 saturated carbocycles. The van der Waals surface area contributed by atoms with Crippen molar-refractivity contribution in [2.75, 3.05) is 7.11 Å². The van der Waals surface area contributed by atoms with Gasteiger partial charge in [-0.25, -0.2) is 0 Å². The maximum Gasteiger partial charge on any atom is 0.127 e. The van der Waals surface area contributed by atoms with Crippen LogP contribution in [0.2, 0.25) is 0 Å². The van der Waals surface area contributed by atoms with Gasteiger partial charge in [0.25, 0.3) is 0 Å². The molecular formula is C17H14ClOP. The minimum Gasteiger partial charge on any atom is -0.496 e. The van der Waals surface area contributed by atoms with Crippen molar-refractivity contribution >= 4 is 35.3 Å². The van der Waals surface area contributed by atoms with Crippen LogP contribution in [0.15, 0.2) is 60.7 Å². The monoisotopic (exact) mass is 300 g/mol. The van der Waals surface area contributed by atoms with E-state index in [0.29, 0.717) is 0 Å². The third-order valence-corrected chi connectivity index (χ3v) is 4.66. The van der Waals surface area contributed by atoms with Crippen LogP contribution in [0.25, 0.3) is 21.9 Å². The number of hydrogen-bond donors (Lipinski definition) is 0. The molecule has 0 amide bonds. The Labute approximate surface area is 125 Å². The van der Waals surface area contributed by atoms with E-state index >= 15 is 0 Å². The number of hydrogen-bond acceptors (Lipinski definition) is 1. The Bertz CT molecular complexity index is 755. The first kappa shape index (κ1) is 13.4. The van der Waals surface area contributed by atoms with Crippen LogP contribution < -0.4 is 10.0 Å². The summed E-state index contributed by atoms with van der Waals surface area (Å²) in [5.41, 5.74) is 2.27. The van der Waals surface area contributed by atoms with Crippen molar-refractivity contribution in [2.24, 2.45) is 0 Å². The maximum atomic E-state index is 6.12. The van der Waals surface area contributed by atoms with E-state index in [2.05, 4.69) is 36.4 Å². The zero-order valence-electron chi connectivity index (χ0n) is 11.1. The molecular weight excluding hydrogens is 287 g/mol. The van der Waals surface area contributed by atoms with Gasteiger partial charge in [-0.15, -0.1) is 0 Å². The van der Waals surface area contributed by atoms with Crippen molar-refractivity contribution in [1.82, 2.24) is 0 Å². The highest BCUT2D eigenvalue weighted by atomic mass is 35.7. The minimum absolute atomic E-state index is 0.240. The van der Waals surface area contributed by atoms with E-state index in [1.807, 2.05) is 24.3 Å². The molecule has 0 spiro atoms. The van der Waals surface area contributed by atoms with E-state index < -0.39 is 0 Å². The fourth-order valence-corrected chi connectivity index (χ4v) is 3.45. The molecule has 1 nitrogen and oxygen atoms in total. The standard InChI is InChI=1S/C17H14ClOP/c1-19-15-11-10-12-6-2-3-7-13(12)17(15)14-8-4-5-9-16(14)20-18/h2-11,20H,1H3. The van der Waals surface area contributed by atoms with Gasteiger partial charge in [-0.2, -0.15) is 0 Å². The Kier molecular flexibility index (Phi) is 3.91. The van der Waals surface area contributed by atoms with Crippen molar-refractivity contribution in [2.45, 2.75) is 0 Å².